The lowest BCUT2D eigenvalue weighted by atomic mass is 10.1. The van der Waals surface area contributed by atoms with Crippen molar-refractivity contribution in [3.63, 3.8) is 0 Å². The van der Waals surface area contributed by atoms with Crippen LogP contribution in [0.25, 0.3) is 0 Å². The monoisotopic (exact) mass is 262 g/mol. The molecule has 1 saturated heterocycles. The SMILES string of the molecule is Cl.Clc1nccc(CNCC2CCNC2)n1. The smallest absolute Gasteiger partial charge is 0.222 e. The van der Waals surface area contributed by atoms with Crippen molar-refractivity contribution in [3.8, 4) is 0 Å². The fourth-order valence-electron chi connectivity index (χ4n) is 1.76. The topological polar surface area (TPSA) is 49.8 Å². The molecule has 0 amide bonds. The lowest BCUT2D eigenvalue weighted by Crippen LogP contribution is -2.24. The van der Waals surface area contributed by atoms with Gasteiger partial charge >= 0.3 is 0 Å². The van der Waals surface area contributed by atoms with Gasteiger partial charge in [0.1, 0.15) is 0 Å². The zero-order valence-corrected chi connectivity index (χ0v) is 10.5. The van der Waals surface area contributed by atoms with Gasteiger partial charge < -0.3 is 10.6 Å². The average Bonchev–Trinajstić information content (AvgIpc) is 2.71. The van der Waals surface area contributed by atoms with Crippen LogP contribution in [0.4, 0.5) is 0 Å². The van der Waals surface area contributed by atoms with Crippen LogP contribution in [0.2, 0.25) is 5.28 Å². The third-order valence-electron chi connectivity index (χ3n) is 2.59. The molecule has 1 aromatic rings. The van der Waals surface area contributed by atoms with Gasteiger partial charge in [0.25, 0.3) is 0 Å². The summed E-state index contributed by atoms with van der Waals surface area (Å²) in [5, 5.41) is 7.04. The van der Waals surface area contributed by atoms with Crippen molar-refractivity contribution in [1.29, 1.82) is 0 Å². The van der Waals surface area contributed by atoms with Gasteiger partial charge in [0.2, 0.25) is 5.28 Å². The maximum absolute atomic E-state index is 5.69. The Bertz CT molecular complexity index is 315. The maximum Gasteiger partial charge on any atom is 0.222 e. The molecule has 6 heteroatoms. The van der Waals surface area contributed by atoms with Gasteiger partial charge in [-0.25, -0.2) is 9.97 Å². The van der Waals surface area contributed by atoms with Crippen LogP contribution in [0, 0.1) is 5.92 Å². The van der Waals surface area contributed by atoms with Crippen LogP contribution in [0.1, 0.15) is 12.1 Å². The largest absolute Gasteiger partial charge is 0.316 e. The molecule has 1 aliphatic heterocycles. The van der Waals surface area contributed by atoms with Gasteiger partial charge in [-0.1, -0.05) is 0 Å². The highest BCUT2D eigenvalue weighted by atomic mass is 35.5. The Morgan fingerprint density at radius 3 is 3.12 bits per heavy atom. The summed E-state index contributed by atoms with van der Waals surface area (Å²) in [5.74, 6) is 0.752. The predicted molar refractivity (Wildman–Crippen MR) is 67.0 cm³/mol. The molecular formula is C10H16Cl2N4. The van der Waals surface area contributed by atoms with Crippen LogP contribution in [0.3, 0.4) is 0 Å². The summed E-state index contributed by atoms with van der Waals surface area (Å²) in [6.07, 6.45) is 2.95. The van der Waals surface area contributed by atoms with Crippen molar-refractivity contribution < 1.29 is 0 Å². The Morgan fingerprint density at radius 1 is 1.56 bits per heavy atom. The maximum atomic E-state index is 5.69. The summed E-state index contributed by atoms with van der Waals surface area (Å²) in [5.41, 5.74) is 0.945. The first-order valence-corrected chi connectivity index (χ1v) is 5.61. The van der Waals surface area contributed by atoms with Crippen LogP contribution in [-0.2, 0) is 6.54 Å². The average molecular weight is 263 g/mol. The second-order valence-corrected chi connectivity index (χ2v) is 4.14. The fourth-order valence-corrected chi connectivity index (χ4v) is 1.93. The zero-order chi connectivity index (χ0) is 10.5. The Kier molecular flexibility index (Phi) is 5.98. The van der Waals surface area contributed by atoms with Crippen molar-refractivity contribution >= 4 is 24.0 Å². The number of nitrogens with one attached hydrogen (secondary N) is 2. The molecule has 0 spiro atoms. The highest BCUT2D eigenvalue weighted by Crippen LogP contribution is 2.06. The molecule has 0 aliphatic carbocycles. The molecule has 1 fully saturated rings. The number of hydrogen-bond donors (Lipinski definition) is 2. The standard InChI is InChI=1S/C10H15ClN4.ClH/c11-10-14-4-2-9(15-10)7-13-6-8-1-3-12-5-8;/h2,4,8,12-13H,1,3,5-7H2;1H. The third-order valence-corrected chi connectivity index (χ3v) is 2.77. The molecule has 1 unspecified atom stereocenters. The van der Waals surface area contributed by atoms with E-state index in [2.05, 4.69) is 20.6 Å². The fraction of sp³-hybridized carbons (Fsp3) is 0.600. The highest BCUT2D eigenvalue weighted by molar-refractivity contribution is 6.28. The van der Waals surface area contributed by atoms with E-state index in [1.807, 2.05) is 6.07 Å². The lowest BCUT2D eigenvalue weighted by Gasteiger charge is -2.09. The predicted octanol–water partition coefficient (Wildman–Crippen LogP) is 1.25. The molecule has 0 bridgehead atoms. The van der Waals surface area contributed by atoms with Gasteiger partial charge in [0, 0.05) is 12.7 Å². The summed E-state index contributed by atoms with van der Waals surface area (Å²) in [7, 11) is 0. The van der Waals surface area contributed by atoms with Crippen LogP contribution in [0.15, 0.2) is 12.3 Å². The van der Waals surface area contributed by atoms with E-state index in [1.54, 1.807) is 6.20 Å². The van der Waals surface area contributed by atoms with E-state index in [4.69, 9.17) is 11.6 Å². The van der Waals surface area contributed by atoms with Crippen molar-refractivity contribution in [3.05, 3.63) is 23.2 Å². The van der Waals surface area contributed by atoms with E-state index in [-0.39, 0.29) is 12.4 Å². The van der Waals surface area contributed by atoms with Crippen molar-refractivity contribution in [2.24, 2.45) is 5.92 Å². The van der Waals surface area contributed by atoms with Crippen LogP contribution in [-0.4, -0.2) is 29.6 Å². The van der Waals surface area contributed by atoms with Crippen molar-refractivity contribution in [2.75, 3.05) is 19.6 Å². The number of hydrogen-bond acceptors (Lipinski definition) is 4. The van der Waals surface area contributed by atoms with Gasteiger partial charge in [0.15, 0.2) is 0 Å². The van der Waals surface area contributed by atoms with Gasteiger partial charge in [-0.05, 0) is 49.6 Å². The summed E-state index contributed by atoms with van der Waals surface area (Å²) in [6.45, 7) is 4.07. The first-order valence-electron chi connectivity index (χ1n) is 5.23. The minimum absolute atomic E-state index is 0. The van der Waals surface area contributed by atoms with E-state index in [9.17, 15) is 0 Å². The van der Waals surface area contributed by atoms with E-state index < -0.39 is 0 Å². The molecule has 2 rings (SSSR count). The molecule has 1 aliphatic rings. The molecule has 0 saturated carbocycles. The van der Waals surface area contributed by atoms with Crippen molar-refractivity contribution in [1.82, 2.24) is 20.6 Å². The number of rotatable bonds is 4. The minimum Gasteiger partial charge on any atom is -0.316 e. The number of aromatic nitrogens is 2. The Hall–Kier alpha value is -0.420. The summed E-state index contributed by atoms with van der Waals surface area (Å²) < 4.78 is 0. The lowest BCUT2D eigenvalue weighted by molar-refractivity contribution is 0.509. The second-order valence-electron chi connectivity index (χ2n) is 3.81. The van der Waals surface area contributed by atoms with Crippen LogP contribution >= 0.6 is 24.0 Å². The molecular weight excluding hydrogens is 247 g/mol. The summed E-state index contributed by atoms with van der Waals surface area (Å²) in [6, 6.07) is 1.88. The van der Waals surface area contributed by atoms with E-state index in [0.717, 1.165) is 37.8 Å². The van der Waals surface area contributed by atoms with Gasteiger partial charge in [-0.2, -0.15) is 0 Å². The first kappa shape index (κ1) is 13.6. The normalized spacial score (nSPS) is 19.4. The number of nitrogens with zero attached hydrogens (tertiary/aromatic N) is 2. The second kappa shape index (κ2) is 7.01. The molecule has 90 valence electrons. The van der Waals surface area contributed by atoms with Crippen molar-refractivity contribution in [2.45, 2.75) is 13.0 Å². The van der Waals surface area contributed by atoms with E-state index in [0.29, 0.717) is 5.28 Å². The van der Waals surface area contributed by atoms with Gasteiger partial charge in [-0.3, -0.25) is 0 Å². The third kappa shape index (κ3) is 4.22. The quantitative estimate of drug-likeness (QED) is 0.803. The minimum atomic E-state index is 0. The zero-order valence-electron chi connectivity index (χ0n) is 8.95. The molecule has 1 aromatic heterocycles. The molecule has 4 nitrogen and oxygen atoms in total. The Balaban J connectivity index is 0.00000128. The van der Waals surface area contributed by atoms with Gasteiger partial charge in [0.05, 0.1) is 5.69 Å². The first-order chi connectivity index (χ1) is 7.34. The van der Waals surface area contributed by atoms with Crippen LogP contribution < -0.4 is 10.6 Å². The van der Waals surface area contributed by atoms with E-state index >= 15 is 0 Å². The molecule has 16 heavy (non-hydrogen) atoms. The van der Waals surface area contributed by atoms with E-state index in [1.165, 1.54) is 6.42 Å². The molecule has 1 atom stereocenters. The van der Waals surface area contributed by atoms with Crippen LogP contribution in [0.5, 0.6) is 0 Å². The van der Waals surface area contributed by atoms with Gasteiger partial charge in [-0.15, -0.1) is 12.4 Å². The molecule has 2 N–H and O–H groups in total. The molecule has 0 radical (unpaired) electrons. The Labute approximate surface area is 107 Å². The summed E-state index contributed by atoms with van der Waals surface area (Å²) in [4.78, 5) is 7.96. The Morgan fingerprint density at radius 2 is 2.44 bits per heavy atom. The number of halogens is 2. The molecule has 0 aromatic carbocycles. The highest BCUT2D eigenvalue weighted by Gasteiger charge is 2.13. The summed E-state index contributed by atoms with van der Waals surface area (Å²) >= 11 is 5.69. The molecule has 2 heterocycles.